The molecule has 8 atom stereocenters. The van der Waals surface area contributed by atoms with E-state index in [0.29, 0.717) is 37.2 Å². The number of ketones is 4. The molecule has 0 N–H and O–H groups in total. The molecule has 8 unspecified atom stereocenters. The smallest absolute Gasteiger partial charge is 0.309 e. The summed E-state index contributed by atoms with van der Waals surface area (Å²) < 4.78 is 5.71. The van der Waals surface area contributed by atoms with Gasteiger partial charge in [-0.1, -0.05) is 67.4 Å². The van der Waals surface area contributed by atoms with Crippen LogP contribution in [0.3, 0.4) is 0 Å². The molecule has 0 spiro atoms. The van der Waals surface area contributed by atoms with Crippen molar-refractivity contribution in [3.63, 3.8) is 0 Å². The van der Waals surface area contributed by atoms with Crippen molar-refractivity contribution in [1.29, 1.82) is 0 Å². The summed E-state index contributed by atoms with van der Waals surface area (Å²) in [6.07, 6.45) is 6.94. The molecule has 0 bridgehead atoms. The molecule has 6 heteroatoms. The van der Waals surface area contributed by atoms with E-state index >= 15 is 0 Å². The summed E-state index contributed by atoms with van der Waals surface area (Å²) in [7, 11) is 0. The van der Waals surface area contributed by atoms with E-state index in [4.69, 9.17) is 4.74 Å². The minimum atomic E-state index is -0.548. The van der Waals surface area contributed by atoms with Gasteiger partial charge < -0.3 is 4.74 Å². The van der Waals surface area contributed by atoms with Gasteiger partial charge in [-0.05, 0) is 99.9 Å². The second-order valence-corrected chi connectivity index (χ2v) is 17.6. The number of esters is 1. The maximum absolute atomic E-state index is 14.6. The molecule has 3 rings (SSSR count). The molecule has 3 fully saturated rings. The van der Waals surface area contributed by atoms with E-state index in [9.17, 15) is 24.0 Å². The van der Waals surface area contributed by atoms with Gasteiger partial charge in [-0.2, -0.15) is 0 Å². The fourth-order valence-electron chi connectivity index (χ4n) is 8.80. The normalized spacial score (nSPS) is 28.8. The van der Waals surface area contributed by atoms with Crippen molar-refractivity contribution in [3.05, 3.63) is 12.2 Å². The predicted molar refractivity (Wildman–Crippen MR) is 178 cm³/mol. The number of Topliss-reactive ketones (excluding diaryl/α,β-unsaturated/α-hetero) is 4. The molecule has 0 aliphatic heterocycles. The molecular weight excluding hydrogens is 564 g/mol. The molecule has 45 heavy (non-hydrogen) atoms. The van der Waals surface area contributed by atoms with E-state index in [1.165, 1.54) is 6.92 Å². The van der Waals surface area contributed by atoms with Gasteiger partial charge in [0.05, 0.1) is 5.92 Å². The molecule has 3 aliphatic carbocycles. The summed E-state index contributed by atoms with van der Waals surface area (Å²) >= 11 is 0. The minimum Gasteiger partial charge on any atom is -0.460 e. The summed E-state index contributed by atoms with van der Waals surface area (Å²) in [6, 6.07) is 0. The second-order valence-electron chi connectivity index (χ2n) is 17.6. The zero-order valence-electron chi connectivity index (χ0n) is 30.1. The van der Waals surface area contributed by atoms with Crippen LogP contribution in [0.5, 0.6) is 0 Å². The van der Waals surface area contributed by atoms with Crippen LogP contribution in [0.4, 0.5) is 0 Å². The van der Waals surface area contributed by atoms with E-state index in [2.05, 4.69) is 20.4 Å². The molecule has 0 aromatic rings. The number of allylic oxidation sites excluding steroid dienone is 1. The van der Waals surface area contributed by atoms with Gasteiger partial charge in [-0.15, -0.1) is 0 Å². The molecular formula is C39H62O6. The number of hydrogen-bond donors (Lipinski definition) is 0. The molecule has 3 saturated carbocycles. The molecule has 0 heterocycles. The standard InChI is InChI=1S/C39H62O6/c1-12-14-26(23(2)24(3)40)20-32(42)33-30(21-31-34(33)39(31,10)11)35(43)28(19-29(41)22-37(4,5)6)18-25-15-13-16-27(17-25)36(44)45-38(7,8)9/h25-28,30-31,33-34H,2,12-22H2,1,3-11H3. The van der Waals surface area contributed by atoms with Gasteiger partial charge in [0.15, 0.2) is 5.78 Å². The van der Waals surface area contributed by atoms with Crippen LogP contribution < -0.4 is 0 Å². The van der Waals surface area contributed by atoms with Crippen molar-refractivity contribution in [3.8, 4) is 0 Å². The van der Waals surface area contributed by atoms with Crippen LogP contribution in [0.2, 0.25) is 0 Å². The van der Waals surface area contributed by atoms with Crippen LogP contribution in [-0.4, -0.2) is 34.7 Å². The Balaban J connectivity index is 1.85. The Morgan fingerprint density at radius 3 is 2.13 bits per heavy atom. The third-order valence-electron chi connectivity index (χ3n) is 11.0. The molecule has 6 nitrogen and oxygen atoms in total. The molecule has 0 aromatic heterocycles. The number of hydrogen-bond acceptors (Lipinski definition) is 6. The Bertz CT molecular complexity index is 1150. The first-order valence-electron chi connectivity index (χ1n) is 17.7. The van der Waals surface area contributed by atoms with Crippen LogP contribution in [-0.2, 0) is 28.7 Å². The Labute approximate surface area is 273 Å². The third-order valence-corrected chi connectivity index (χ3v) is 11.0. The summed E-state index contributed by atoms with van der Waals surface area (Å²) in [4.78, 5) is 67.3. The maximum atomic E-state index is 14.6. The summed E-state index contributed by atoms with van der Waals surface area (Å²) in [5, 5.41) is 0. The summed E-state index contributed by atoms with van der Waals surface area (Å²) in [5.41, 5.74) is -0.216. The minimum absolute atomic E-state index is 0.0104. The lowest BCUT2D eigenvalue weighted by Gasteiger charge is -2.34. The first-order chi connectivity index (χ1) is 20.7. The molecule has 0 aromatic carbocycles. The third kappa shape index (κ3) is 9.70. The van der Waals surface area contributed by atoms with E-state index in [1.54, 1.807) is 0 Å². The second kappa shape index (κ2) is 14.3. The quantitative estimate of drug-likeness (QED) is 0.134. The van der Waals surface area contributed by atoms with Crippen molar-refractivity contribution in [2.75, 3.05) is 0 Å². The summed E-state index contributed by atoms with van der Waals surface area (Å²) in [5.74, 6) is -1.01. The summed E-state index contributed by atoms with van der Waals surface area (Å²) in [6.45, 7) is 23.7. The molecule has 0 amide bonds. The Hall–Kier alpha value is -2.11. The van der Waals surface area contributed by atoms with Crippen molar-refractivity contribution >= 4 is 29.1 Å². The fraction of sp³-hybridized carbons (Fsp3) is 0.821. The number of fused-ring (bicyclic) bond motifs is 1. The van der Waals surface area contributed by atoms with E-state index in [1.807, 2.05) is 48.5 Å². The Morgan fingerprint density at radius 1 is 0.933 bits per heavy atom. The van der Waals surface area contributed by atoms with Gasteiger partial charge in [0.1, 0.15) is 23.0 Å². The van der Waals surface area contributed by atoms with Gasteiger partial charge in [0.2, 0.25) is 0 Å². The average Bonchev–Trinajstić information content (AvgIpc) is 3.22. The van der Waals surface area contributed by atoms with Gasteiger partial charge in [0.25, 0.3) is 0 Å². The number of carbonyl (C=O) groups is 5. The zero-order chi connectivity index (χ0) is 34.1. The largest absolute Gasteiger partial charge is 0.460 e. The van der Waals surface area contributed by atoms with Gasteiger partial charge in [-0.25, -0.2) is 0 Å². The van der Waals surface area contributed by atoms with Crippen LogP contribution in [0.1, 0.15) is 140 Å². The lowest BCUT2D eigenvalue weighted by Crippen LogP contribution is -2.37. The Morgan fingerprint density at radius 2 is 1.58 bits per heavy atom. The number of ether oxygens (including phenoxy) is 1. The highest BCUT2D eigenvalue weighted by Gasteiger charge is 2.69. The van der Waals surface area contributed by atoms with Crippen molar-refractivity contribution < 1.29 is 28.7 Å². The number of rotatable bonds is 15. The Kier molecular flexibility index (Phi) is 11.9. The van der Waals surface area contributed by atoms with Gasteiger partial charge in [-0.3, -0.25) is 24.0 Å². The van der Waals surface area contributed by atoms with Crippen LogP contribution in [0.15, 0.2) is 12.2 Å². The van der Waals surface area contributed by atoms with Crippen molar-refractivity contribution in [2.24, 2.45) is 58.2 Å². The zero-order valence-corrected chi connectivity index (χ0v) is 30.1. The molecule has 3 aliphatic rings. The average molecular weight is 627 g/mol. The molecule has 254 valence electrons. The van der Waals surface area contributed by atoms with E-state index in [-0.39, 0.29) is 82.4 Å². The lowest BCUT2D eigenvalue weighted by atomic mass is 9.70. The van der Waals surface area contributed by atoms with E-state index < -0.39 is 17.4 Å². The fourth-order valence-corrected chi connectivity index (χ4v) is 8.80. The van der Waals surface area contributed by atoms with Crippen LogP contribution in [0, 0.1) is 58.2 Å². The van der Waals surface area contributed by atoms with Crippen molar-refractivity contribution in [1.82, 2.24) is 0 Å². The first kappa shape index (κ1) is 37.3. The van der Waals surface area contributed by atoms with Gasteiger partial charge >= 0.3 is 5.97 Å². The maximum Gasteiger partial charge on any atom is 0.309 e. The molecule has 0 saturated heterocycles. The van der Waals surface area contributed by atoms with Crippen LogP contribution >= 0.6 is 0 Å². The highest BCUT2D eigenvalue weighted by molar-refractivity contribution is 5.97. The first-order valence-corrected chi connectivity index (χ1v) is 17.7. The van der Waals surface area contributed by atoms with Gasteiger partial charge in [0, 0.05) is 37.0 Å². The van der Waals surface area contributed by atoms with E-state index in [0.717, 1.165) is 32.1 Å². The predicted octanol–water partition coefficient (Wildman–Crippen LogP) is 8.53. The SMILES string of the molecule is C=C(C(C)=O)C(CCC)CC(=O)C1C(C(=O)C(CC(=O)CC(C)(C)C)CC2CCCC(C(=O)OC(C)(C)C)C2)CC2C1C2(C)C. The highest BCUT2D eigenvalue weighted by atomic mass is 16.6. The number of carbonyl (C=O) groups excluding carboxylic acids is 5. The van der Waals surface area contributed by atoms with Crippen LogP contribution in [0.25, 0.3) is 0 Å². The topological polar surface area (TPSA) is 94.6 Å². The lowest BCUT2D eigenvalue weighted by molar-refractivity contribution is -0.161. The molecule has 0 radical (unpaired) electrons. The monoisotopic (exact) mass is 626 g/mol. The van der Waals surface area contributed by atoms with Crippen molar-refractivity contribution in [2.45, 2.75) is 145 Å². The highest BCUT2D eigenvalue weighted by Crippen LogP contribution is 2.71.